The van der Waals surface area contributed by atoms with Crippen molar-refractivity contribution in [2.24, 2.45) is 0 Å². The maximum absolute atomic E-state index is 12.8. The number of ether oxygens (including phenoxy) is 2. The normalized spacial score (nSPS) is 12.6. The minimum Gasteiger partial charge on any atom is -0.506 e. The number of rotatable bonds is 8. The van der Waals surface area contributed by atoms with Gasteiger partial charge in [-0.2, -0.15) is 0 Å². The van der Waals surface area contributed by atoms with E-state index in [0.29, 0.717) is 25.9 Å². The summed E-state index contributed by atoms with van der Waals surface area (Å²) in [7, 11) is 0. The second-order valence-electron chi connectivity index (χ2n) is 7.12. The van der Waals surface area contributed by atoms with E-state index >= 15 is 0 Å². The summed E-state index contributed by atoms with van der Waals surface area (Å²) in [5.41, 5.74) is 1.96. The summed E-state index contributed by atoms with van der Waals surface area (Å²) >= 11 is 6.73. The van der Waals surface area contributed by atoms with Crippen molar-refractivity contribution in [2.45, 2.75) is 25.6 Å². The van der Waals surface area contributed by atoms with Crippen LogP contribution in [0.3, 0.4) is 0 Å². The molecule has 3 aromatic rings. The number of phenols is 1. The predicted molar refractivity (Wildman–Crippen MR) is 130 cm³/mol. The summed E-state index contributed by atoms with van der Waals surface area (Å²) in [6, 6.07) is 19.6. The average molecular weight is 565 g/mol. The van der Waals surface area contributed by atoms with Gasteiger partial charge in [0, 0.05) is 28.8 Å². The number of halogens is 2. The standard InChI is InChI=1S/C24H23Br2NO5/c1-15-7-9-17(10-8-15)27-24(30)32-23(19-13-16(25)14-20(26)22(19)29)21(11-12-28)31-18-5-3-2-4-6-18/h2-10,13-14,21,23,28-29H,11-12H2,1H3,(H,27,30)/t21-,23-/m1/s1. The van der Waals surface area contributed by atoms with Crippen molar-refractivity contribution in [1.82, 2.24) is 0 Å². The van der Waals surface area contributed by atoms with Gasteiger partial charge in [-0.05, 0) is 59.3 Å². The van der Waals surface area contributed by atoms with Gasteiger partial charge < -0.3 is 19.7 Å². The van der Waals surface area contributed by atoms with E-state index in [0.717, 1.165) is 5.56 Å². The Morgan fingerprint density at radius 1 is 1.06 bits per heavy atom. The third-order valence-electron chi connectivity index (χ3n) is 4.68. The number of anilines is 1. The zero-order chi connectivity index (χ0) is 23.1. The van der Waals surface area contributed by atoms with Gasteiger partial charge in [-0.1, -0.05) is 51.8 Å². The van der Waals surface area contributed by atoms with E-state index in [-0.39, 0.29) is 18.8 Å². The van der Waals surface area contributed by atoms with Crippen LogP contribution in [0.1, 0.15) is 23.7 Å². The van der Waals surface area contributed by atoms with E-state index in [2.05, 4.69) is 37.2 Å². The minimum absolute atomic E-state index is 0.0825. The molecule has 0 saturated carbocycles. The van der Waals surface area contributed by atoms with Gasteiger partial charge in [-0.3, -0.25) is 5.32 Å². The van der Waals surface area contributed by atoms with E-state index in [4.69, 9.17) is 9.47 Å². The third-order valence-corrected chi connectivity index (χ3v) is 5.74. The summed E-state index contributed by atoms with van der Waals surface area (Å²) in [6.45, 7) is 1.75. The number of carbonyl (C=O) groups excluding carboxylic acids is 1. The molecule has 0 fully saturated rings. The molecule has 0 heterocycles. The maximum Gasteiger partial charge on any atom is 0.412 e. The Balaban J connectivity index is 1.94. The van der Waals surface area contributed by atoms with Crippen molar-refractivity contribution in [3.8, 4) is 11.5 Å². The molecule has 3 rings (SSSR count). The number of aromatic hydroxyl groups is 1. The summed E-state index contributed by atoms with van der Waals surface area (Å²) < 4.78 is 12.9. The molecular formula is C24H23Br2NO5. The van der Waals surface area contributed by atoms with Crippen LogP contribution in [0.2, 0.25) is 0 Å². The summed E-state index contributed by atoms with van der Waals surface area (Å²) in [5.74, 6) is 0.466. The Kier molecular flexibility index (Phi) is 8.55. The van der Waals surface area contributed by atoms with E-state index < -0.39 is 18.3 Å². The van der Waals surface area contributed by atoms with Gasteiger partial charge in [-0.25, -0.2) is 4.79 Å². The fourth-order valence-electron chi connectivity index (χ4n) is 3.12. The molecule has 168 valence electrons. The van der Waals surface area contributed by atoms with Crippen LogP contribution in [0.15, 0.2) is 75.7 Å². The van der Waals surface area contributed by atoms with E-state index in [1.807, 2.05) is 37.3 Å². The van der Waals surface area contributed by atoms with E-state index in [9.17, 15) is 15.0 Å². The molecule has 0 aliphatic rings. The highest BCUT2D eigenvalue weighted by Gasteiger charge is 2.32. The van der Waals surface area contributed by atoms with Crippen LogP contribution >= 0.6 is 31.9 Å². The van der Waals surface area contributed by atoms with Crippen molar-refractivity contribution in [2.75, 3.05) is 11.9 Å². The molecule has 3 N–H and O–H groups in total. The zero-order valence-electron chi connectivity index (χ0n) is 17.3. The smallest absolute Gasteiger partial charge is 0.412 e. The molecule has 0 unspecified atom stereocenters. The van der Waals surface area contributed by atoms with Crippen LogP contribution in [-0.4, -0.2) is 29.0 Å². The molecule has 0 aliphatic heterocycles. The molecule has 0 saturated heterocycles. The largest absolute Gasteiger partial charge is 0.506 e. The summed E-state index contributed by atoms with van der Waals surface area (Å²) in [6.07, 6.45) is -2.32. The molecular weight excluding hydrogens is 542 g/mol. The number of hydrogen-bond acceptors (Lipinski definition) is 5. The van der Waals surface area contributed by atoms with Crippen LogP contribution in [0, 0.1) is 6.92 Å². The number of benzene rings is 3. The molecule has 0 spiro atoms. The van der Waals surface area contributed by atoms with Gasteiger partial charge in [0.1, 0.15) is 17.6 Å². The van der Waals surface area contributed by atoms with Crippen LogP contribution < -0.4 is 10.1 Å². The SMILES string of the molecule is Cc1ccc(NC(=O)O[C@H](c2cc(Br)cc(Br)c2O)[C@@H](CCO)Oc2ccccc2)cc1. The minimum atomic E-state index is -1.01. The molecule has 8 heteroatoms. The quantitative estimate of drug-likeness (QED) is 0.297. The highest BCUT2D eigenvalue weighted by atomic mass is 79.9. The molecule has 2 atom stereocenters. The number of carbonyl (C=O) groups is 1. The Morgan fingerprint density at radius 3 is 2.41 bits per heavy atom. The summed E-state index contributed by atoms with van der Waals surface area (Å²) in [4.78, 5) is 12.8. The number of hydrogen-bond donors (Lipinski definition) is 3. The number of aryl methyl sites for hydroxylation is 1. The highest BCUT2D eigenvalue weighted by molar-refractivity contribution is 9.11. The van der Waals surface area contributed by atoms with Gasteiger partial charge in [0.15, 0.2) is 6.10 Å². The Labute approximate surface area is 203 Å². The Hall–Kier alpha value is -2.55. The van der Waals surface area contributed by atoms with Gasteiger partial charge in [0.25, 0.3) is 0 Å². The monoisotopic (exact) mass is 563 g/mol. The van der Waals surface area contributed by atoms with Gasteiger partial charge in [0.2, 0.25) is 0 Å². The number of nitrogens with one attached hydrogen (secondary N) is 1. The predicted octanol–water partition coefficient (Wildman–Crippen LogP) is 6.35. The average Bonchev–Trinajstić information content (AvgIpc) is 2.77. The molecule has 0 aliphatic carbocycles. The number of para-hydroxylation sites is 1. The lowest BCUT2D eigenvalue weighted by molar-refractivity contribution is 0.00792. The van der Waals surface area contributed by atoms with Crippen molar-refractivity contribution < 1.29 is 24.5 Å². The zero-order valence-corrected chi connectivity index (χ0v) is 20.5. The second kappa shape index (κ2) is 11.4. The van der Waals surface area contributed by atoms with Gasteiger partial charge in [-0.15, -0.1) is 0 Å². The first kappa shape index (κ1) is 24.1. The van der Waals surface area contributed by atoms with Gasteiger partial charge >= 0.3 is 6.09 Å². The number of aliphatic hydroxyl groups is 1. The molecule has 0 bridgehead atoms. The van der Waals surface area contributed by atoms with Crippen molar-refractivity contribution in [3.05, 3.63) is 86.8 Å². The fraction of sp³-hybridized carbons (Fsp3) is 0.208. The molecule has 0 aromatic heterocycles. The number of amides is 1. The van der Waals surface area contributed by atoms with Crippen molar-refractivity contribution in [3.63, 3.8) is 0 Å². The molecule has 32 heavy (non-hydrogen) atoms. The topological polar surface area (TPSA) is 88.0 Å². The van der Waals surface area contributed by atoms with Gasteiger partial charge in [0.05, 0.1) is 4.47 Å². The Bertz CT molecular complexity index is 1040. The molecule has 1 amide bonds. The first-order valence-corrected chi connectivity index (χ1v) is 11.5. The van der Waals surface area contributed by atoms with Crippen LogP contribution in [-0.2, 0) is 4.74 Å². The van der Waals surface area contributed by atoms with Crippen LogP contribution in [0.4, 0.5) is 10.5 Å². The molecule has 3 aromatic carbocycles. The Morgan fingerprint density at radius 2 is 1.75 bits per heavy atom. The summed E-state index contributed by atoms with van der Waals surface area (Å²) in [5, 5.41) is 23.1. The third kappa shape index (κ3) is 6.48. The van der Waals surface area contributed by atoms with Crippen molar-refractivity contribution >= 4 is 43.6 Å². The number of phenolic OH excluding ortho intramolecular Hbond substituents is 1. The lowest BCUT2D eigenvalue weighted by Gasteiger charge is -2.28. The first-order chi connectivity index (χ1) is 15.4. The molecule has 6 nitrogen and oxygen atoms in total. The van der Waals surface area contributed by atoms with E-state index in [1.54, 1.807) is 36.4 Å². The molecule has 0 radical (unpaired) electrons. The van der Waals surface area contributed by atoms with Crippen LogP contribution in [0.25, 0.3) is 0 Å². The maximum atomic E-state index is 12.8. The second-order valence-corrected chi connectivity index (χ2v) is 8.89. The highest BCUT2D eigenvalue weighted by Crippen LogP contribution is 2.39. The van der Waals surface area contributed by atoms with Crippen LogP contribution in [0.5, 0.6) is 11.5 Å². The number of aliphatic hydroxyl groups excluding tert-OH is 1. The lowest BCUT2D eigenvalue weighted by atomic mass is 10.0. The lowest BCUT2D eigenvalue weighted by Crippen LogP contribution is -2.32. The van der Waals surface area contributed by atoms with Crippen molar-refractivity contribution in [1.29, 1.82) is 0 Å². The fourth-order valence-corrected chi connectivity index (χ4v) is 4.37. The first-order valence-electron chi connectivity index (χ1n) is 9.92. The van der Waals surface area contributed by atoms with E-state index in [1.165, 1.54) is 0 Å².